The number of hydroxylamine groups is 1. The Balaban J connectivity index is 1.78. The number of allylic oxidation sites excluding steroid dienone is 1. The third-order valence-corrected chi connectivity index (χ3v) is 6.19. The number of carbonyl (C=O) groups is 2. The number of aliphatic hydroxyl groups is 1. The summed E-state index contributed by atoms with van der Waals surface area (Å²) in [4.78, 5) is 29.6. The lowest BCUT2D eigenvalue weighted by Crippen LogP contribution is -2.56. The normalized spacial score (nSPS) is 17.7. The van der Waals surface area contributed by atoms with Gasteiger partial charge in [-0.25, -0.2) is 5.48 Å². The summed E-state index contributed by atoms with van der Waals surface area (Å²) in [6.07, 6.45) is 1.58. The van der Waals surface area contributed by atoms with E-state index in [0.717, 1.165) is 16.9 Å². The maximum Gasteiger partial charge on any atom is 0.276 e. The van der Waals surface area contributed by atoms with Crippen LogP contribution < -0.4 is 10.2 Å². The molecule has 0 aliphatic carbocycles. The predicted octanol–water partition coefficient (Wildman–Crippen LogP) is 2.20. The van der Waals surface area contributed by atoms with Crippen LogP contribution in [0, 0.1) is 0 Å². The van der Waals surface area contributed by atoms with Gasteiger partial charge >= 0.3 is 0 Å². The molecule has 3 N–H and O–H groups in total. The lowest BCUT2D eigenvalue weighted by Gasteiger charge is -2.41. The van der Waals surface area contributed by atoms with E-state index >= 15 is 0 Å². The zero-order valence-corrected chi connectivity index (χ0v) is 20.4. The zero-order chi connectivity index (χ0) is 25.2. The molecule has 35 heavy (non-hydrogen) atoms. The second-order valence-corrected chi connectivity index (χ2v) is 8.76. The number of hydrogen-bond donors (Lipinski definition) is 3. The van der Waals surface area contributed by atoms with E-state index in [2.05, 4.69) is 4.90 Å². The molecule has 1 fully saturated rings. The van der Waals surface area contributed by atoms with Gasteiger partial charge in [-0.3, -0.25) is 14.8 Å². The number of aryl methyl sites for hydroxylation is 1. The first-order valence-electron chi connectivity index (χ1n) is 12.0. The highest BCUT2D eigenvalue weighted by atomic mass is 16.5. The van der Waals surface area contributed by atoms with Crippen molar-refractivity contribution in [3.63, 3.8) is 0 Å². The Morgan fingerprint density at radius 2 is 1.83 bits per heavy atom. The van der Waals surface area contributed by atoms with Crippen molar-refractivity contribution in [2.75, 3.05) is 33.3 Å². The number of carbonyl (C=O) groups excluding carboxylic acids is 2. The summed E-state index contributed by atoms with van der Waals surface area (Å²) in [6.45, 7) is 4.38. The predicted molar refractivity (Wildman–Crippen MR) is 133 cm³/mol. The van der Waals surface area contributed by atoms with E-state index in [4.69, 9.17) is 9.94 Å². The van der Waals surface area contributed by atoms with Crippen LogP contribution in [0.4, 0.5) is 0 Å². The van der Waals surface area contributed by atoms with Crippen molar-refractivity contribution in [3.8, 4) is 5.75 Å². The van der Waals surface area contributed by atoms with Gasteiger partial charge in [0.25, 0.3) is 11.8 Å². The van der Waals surface area contributed by atoms with Crippen LogP contribution in [0.3, 0.4) is 0 Å². The first-order valence-corrected chi connectivity index (χ1v) is 12.0. The number of benzene rings is 2. The number of ether oxygens (including phenoxy) is 1. The molecule has 0 aromatic heterocycles. The second kappa shape index (κ2) is 13.0. The molecule has 0 unspecified atom stereocenters. The molecular weight excluding hydrogens is 446 g/mol. The first kappa shape index (κ1) is 26.4. The van der Waals surface area contributed by atoms with Gasteiger partial charge in [0.2, 0.25) is 0 Å². The van der Waals surface area contributed by atoms with Crippen LogP contribution in [0.5, 0.6) is 5.75 Å². The van der Waals surface area contributed by atoms with Crippen LogP contribution in [0.25, 0.3) is 0 Å². The van der Waals surface area contributed by atoms with Gasteiger partial charge in [-0.05, 0) is 56.5 Å². The van der Waals surface area contributed by atoms with Crippen molar-refractivity contribution in [2.24, 2.45) is 0 Å². The van der Waals surface area contributed by atoms with Gasteiger partial charge in [0.1, 0.15) is 5.75 Å². The molecular formula is C27H35N3O5. The van der Waals surface area contributed by atoms with E-state index in [1.54, 1.807) is 11.0 Å². The van der Waals surface area contributed by atoms with Crippen LogP contribution in [-0.4, -0.2) is 77.4 Å². The van der Waals surface area contributed by atoms with Crippen molar-refractivity contribution in [3.05, 3.63) is 77.4 Å². The summed E-state index contributed by atoms with van der Waals surface area (Å²) < 4.78 is 5.47. The third kappa shape index (κ3) is 7.39. The number of amides is 2. The fourth-order valence-corrected chi connectivity index (χ4v) is 4.34. The first-order chi connectivity index (χ1) is 16.9. The molecule has 0 radical (unpaired) electrons. The minimum atomic E-state index is -1.76. The molecule has 2 aromatic carbocycles. The molecule has 1 heterocycles. The van der Waals surface area contributed by atoms with E-state index in [1.165, 1.54) is 5.48 Å². The van der Waals surface area contributed by atoms with Crippen LogP contribution in [0.15, 0.2) is 66.2 Å². The molecule has 0 bridgehead atoms. The largest absolute Gasteiger partial charge is 0.494 e. The summed E-state index contributed by atoms with van der Waals surface area (Å²) in [5, 5.41) is 19.7. The Morgan fingerprint density at radius 3 is 2.49 bits per heavy atom. The molecule has 0 saturated carbocycles. The Bertz CT molecular complexity index is 994. The van der Waals surface area contributed by atoms with E-state index < -0.39 is 12.0 Å². The zero-order valence-electron chi connectivity index (χ0n) is 20.4. The molecule has 1 saturated heterocycles. The van der Waals surface area contributed by atoms with E-state index in [9.17, 15) is 14.7 Å². The van der Waals surface area contributed by atoms with Gasteiger partial charge in [-0.2, -0.15) is 0 Å². The number of piperazine rings is 1. The van der Waals surface area contributed by atoms with Crippen molar-refractivity contribution in [1.29, 1.82) is 0 Å². The molecule has 2 aromatic rings. The number of hydrogen-bond acceptors (Lipinski definition) is 6. The van der Waals surface area contributed by atoms with Gasteiger partial charge in [0.15, 0.2) is 6.10 Å². The smallest absolute Gasteiger partial charge is 0.276 e. The Hall–Kier alpha value is -3.20. The summed E-state index contributed by atoms with van der Waals surface area (Å²) >= 11 is 0. The highest BCUT2D eigenvalue weighted by Crippen LogP contribution is 2.20. The molecule has 8 heteroatoms. The number of nitrogens with one attached hydrogen (secondary N) is 1. The Kier molecular flexibility index (Phi) is 9.84. The van der Waals surface area contributed by atoms with Crippen LogP contribution in [0.1, 0.15) is 24.5 Å². The molecule has 2 atom stereocenters. The van der Waals surface area contributed by atoms with Gasteiger partial charge in [-0.15, -0.1) is 0 Å². The van der Waals surface area contributed by atoms with E-state index in [-0.39, 0.29) is 17.5 Å². The van der Waals surface area contributed by atoms with Crippen molar-refractivity contribution >= 4 is 11.8 Å². The number of rotatable bonds is 10. The Morgan fingerprint density at radius 1 is 1.11 bits per heavy atom. The topological polar surface area (TPSA) is 102 Å². The average Bonchev–Trinajstić information content (AvgIpc) is 2.87. The molecule has 8 nitrogen and oxygen atoms in total. The van der Waals surface area contributed by atoms with Gasteiger partial charge in [-0.1, -0.05) is 48.5 Å². The van der Waals surface area contributed by atoms with E-state index in [1.807, 2.05) is 68.6 Å². The van der Waals surface area contributed by atoms with Crippen LogP contribution in [-0.2, 0) is 22.4 Å². The number of likely N-dealkylation sites (N-methyl/N-ethyl adjacent to an activating group) is 1. The summed E-state index contributed by atoms with van der Waals surface area (Å²) in [7, 11) is 2.02. The molecule has 1 aliphatic rings. The standard InChI is InChI=1S/C27H35N3O5/c1-3-35-23-14-12-20(13-15-23)10-7-11-24(25(31)26(32)28-34)27(33)30-17-16-29(2)19-22(30)18-21-8-5-4-6-9-21/h4-6,8-9,11-15,22,25,31,34H,3,7,10,16-19H2,1-2H3,(H,28,32)/b24-11+/t22-,25-/m0/s1. The van der Waals surface area contributed by atoms with Gasteiger partial charge < -0.3 is 19.6 Å². The second-order valence-electron chi connectivity index (χ2n) is 8.76. The molecule has 0 spiro atoms. The van der Waals surface area contributed by atoms with Crippen molar-refractivity contribution < 1.29 is 24.6 Å². The van der Waals surface area contributed by atoms with Gasteiger partial charge in [0.05, 0.1) is 12.2 Å². The number of aliphatic hydroxyl groups excluding tert-OH is 1. The summed E-state index contributed by atoms with van der Waals surface area (Å²) in [5.41, 5.74) is 3.59. The fraction of sp³-hybridized carbons (Fsp3) is 0.407. The van der Waals surface area contributed by atoms with Crippen molar-refractivity contribution in [1.82, 2.24) is 15.3 Å². The van der Waals surface area contributed by atoms with Gasteiger partial charge in [0, 0.05) is 25.7 Å². The van der Waals surface area contributed by atoms with Crippen LogP contribution >= 0.6 is 0 Å². The quantitative estimate of drug-likeness (QED) is 0.273. The Labute approximate surface area is 206 Å². The lowest BCUT2D eigenvalue weighted by molar-refractivity contribution is -0.140. The van der Waals surface area contributed by atoms with Crippen LogP contribution in [0.2, 0.25) is 0 Å². The average molecular weight is 482 g/mol. The minimum Gasteiger partial charge on any atom is -0.494 e. The minimum absolute atomic E-state index is 0.0231. The molecule has 1 aliphatic heterocycles. The molecule has 188 valence electrons. The maximum atomic E-state index is 13.6. The highest BCUT2D eigenvalue weighted by molar-refractivity contribution is 6.01. The summed E-state index contributed by atoms with van der Waals surface area (Å²) in [6, 6.07) is 17.5. The SMILES string of the molecule is CCOc1ccc(CC/C=C(/C(=O)N2CCN(C)C[C@@H]2Cc2ccccc2)[C@H](O)C(=O)NO)cc1. The third-order valence-electron chi connectivity index (χ3n) is 6.19. The van der Waals surface area contributed by atoms with E-state index in [0.29, 0.717) is 45.5 Å². The maximum absolute atomic E-state index is 13.6. The highest BCUT2D eigenvalue weighted by Gasteiger charge is 2.34. The monoisotopic (exact) mass is 481 g/mol. The molecule has 2 amide bonds. The number of nitrogens with zero attached hydrogens (tertiary/aromatic N) is 2. The molecule has 3 rings (SSSR count). The fourth-order valence-electron chi connectivity index (χ4n) is 4.34. The lowest BCUT2D eigenvalue weighted by atomic mass is 9.98. The summed E-state index contributed by atoms with van der Waals surface area (Å²) in [5.74, 6) is -0.626. The van der Waals surface area contributed by atoms with Crippen molar-refractivity contribution in [2.45, 2.75) is 38.3 Å².